The van der Waals surface area contributed by atoms with Crippen LogP contribution in [0.2, 0.25) is 15.1 Å². The Bertz CT molecular complexity index is 1140. The molecule has 0 unspecified atom stereocenters. The van der Waals surface area contributed by atoms with Crippen molar-refractivity contribution < 1.29 is 4.79 Å². The number of anilines is 3. The van der Waals surface area contributed by atoms with Crippen molar-refractivity contribution in [3.05, 3.63) is 57.5 Å². The predicted molar refractivity (Wildman–Crippen MR) is 139 cm³/mol. The van der Waals surface area contributed by atoms with E-state index in [0.29, 0.717) is 26.8 Å². The van der Waals surface area contributed by atoms with Crippen molar-refractivity contribution in [1.82, 2.24) is 10.3 Å². The van der Waals surface area contributed by atoms with Crippen LogP contribution in [0.1, 0.15) is 25.7 Å². The summed E-state index contributed by atoms with van der Waals surface area (Å²) in [5, 5.41) is 11.5. The molecular weight excluding hydrogens is 481 g/mol. The van der Waals surface area contributed by atoms with E-state index in [-0.39, 0.29) is 12.1 Å². The average Bonchev–Trinajstić information content (AvgIpc) is 2.77. The number of hydrogen-bond acceptors (Lipinski definition) is 4. The van der Waals surface area contributed by atoms with Crippen molar-refractivity contribution in [2.75, 3.05) is 29.6 Å². The molecule has 1 aliphatic carbocycles. The molecule has 33 heavy (non-hydrogen) atoms. The third kappa shape index (κ3) is 5.75. The second-order valence-corrected chi connectivity index (χ2v) is 9.72. The number of amides is 2. The highest BCUT2D eigenvalue weighted by molar-refractivity contribution is 6.42. The van der Waals surface area contributed by atoms with E-state index in [1.807, 2.05) is 32.3 Å². The molecular formula is C24H26Cl3N5O. The molecule has 3 aromatic rings. The lowest BCUT2D eigenvalue weighted by molar-refractivity contribution is 0.243. The molecule has 4 rings (SSSR count). The minimum Gasteiger partial charge on any atom is -0.377 e. The molecule has 2 amide bonds. The first-order valence-corrected chi connectivity index (χ1v) is 12.0. The Hall–Kier alpha value is -2.41. The Morgan fingerprint density at radius 2 is 1.61 bits per heavy atom. The summed E-state index contributed by atoms with van der Waals surface area (Å²) in [5.41, 5.74) is 2.46. The minimum absolute atomic E-state index is 0.0785. The maximum atomic E-state index is 12.5. The molecule has 3 N–H and O–H groups in total. The van der Waals surface area contributed by atoms with Crippen LogP contribution < -0.4 is 20.9 Å². The van der Waals surface area contributed by atoms with E-state index in [1.54, 1.807) is 12.1 Å². The maximum Gasteiger partial charge on any atom is 0.319 e. The fourth-order valence-corrected chi connectivity index (χ4v) is 5.10. The Kier molecular flexibility index (Phi) is 7.37. The van der Waals surface area contributed by atoms with E-state index in [0.717, 1.165) is 48.1 Å². The van der Waals surface area contributed by atoms with Crippen LogP contribution in [0, 0.1) is 0 Å². The van der Waals surface area contributed by atoms with Gasteiger partial charge in [0.2, 0.25) is 0 Å². The summed E-state index contributed by atoms with van der Waals surface area (Å²) in [6, 6.07) is 13.4. The summed E-state index contributed by atoms with van der Waals surface area (Å²) < 4.78 is 0. The standard InChI is InChI=1S/C24H26Cl3N5O/c1-32(2)21-13-22(30-20-6-4-3-5-17(20)21)28-15-7-9-16(10-8-15)29-24(33)31-23-18(26)11-14(25)12-19(23)27/h3-6,11-13,15-16H,7-10H2,1-2H3,(H,28,30)(H2,29,31,33)/t15-,16+. The van der Waals surface area contributed by atoms with Gasteiger partial charge < -0.3 is 20.9 Å². The first-order valence-electron chi connectivity index (χ1n) is 10.9. The number of pyridine rings is 1. The summed E-state index contributed by atoms with van der Waals surface area (Å²) in [5.74, 6) is 0.874. The van der Waals surface area contributed by atoms with Crippen LogP contribution in [0.25, 0.3) is 10.9 Å². The van der Waals surface area contributed by atoms with Gasteiger partial charge in [0.1, 0.15) is 5.82 Å². The number of rotatable bonds is 5. The van der Waals surface area contributed by atoms with E-state index in [9.17, 15) is 4.79 Å². The third-order valence-corrected chi connectivity index (χ3v) is 6.65. The van der Waals surface area contributed by atoms with Crippen molar-refractivity contribution >= 4 is 68.9 Å². The number of urea groups is 1. The number of aromatic nitrogens is 1. The molecule has 1 aromatic heterocycles. The van der Waals surface area contributed by atoms with E-state index < -0.39 is 0 Å². The number of carbonyl (C=O) groups excluding carboxylic acids is 1. The Morgan fingerprint density at radius 1 is 0.970 bits per heavy atom. The van der Waals surface area contributed by atoms with Crippen LogP contribution in [0.3, 0.4) is 0 Å². The zero-order valence-corrected chi connectivity index (χ0v) is 20.7. The summed E-state index contributed by atoms with van der Waals surface area (Å²) in [4.78, 5) is 19.4. The van der Waals surface area contributed by atoms with Crippen molar-refractivity contribution in [3.8, 4) is 0 Å². The largest absolute Gasteiger partial charge is 0.377 e. The fourth-order valence-electron chi connectivity index (χ4n) is 4.19. The smallest absolute Gasteiger partial charge is 0.319 e. The molecule has 1 fully saturated rings. The van der Waals surface area contributed by atoms with Gasteiger partial charge in [-0.15, -0.1) is 0 Å². The van der Waals surface area contributed by atoms with Gasteiger partial charge in [-0.1, -0.05) is 53.0 Å². The molecule has 6 nitrogen and oxygen atoms in total. The number of carbonyl (C=O) groups is 1. The fraction of sp³-hybridized carbons (Fsp3) is 0.333. The molecule has 0 bridgehead atoms. The van der Waals surface area contributed by atoms with Crippen molar-refractivity contribution in [2.45, 2.75) is 37.8 Å². The highest BCUT2D eigenvalue weighted by Gasteiger charge is 2.23. The molecule has 0 atom stereocenters. The average molecular weight is 507 g/mol. The minimum atomic E-state index is -0.329. The lowest BCUT2D eigenvalue weighted by Crippen LogP contribution is -2.42. The highest BCUT2D eigenvalue weighted by Crippen LogP contribution is 2.34. The summed E-state index contributed by atoms with van der Waals surface area (Å²) in [7, 11) is 4.08. The number of halogens is 3. The number of hydrogen-bond donors (Lipinski definition) is 3. The number of para-hydroxylation sites is 1. The van der Waals surface area contributed by atoms with Crippen LogP contribution >= 0.6 is 34.8 Å². The van der Waals surface area contributed by atoms with Gasteiger partial charge >= 0.3 is 6.03 Å². The Labute approximate surface area is 208 Å². The summed E-state index contributed by atoms with van der Waals surface area (Å²) in [6.45, 7) is 0. The Balaban J connectivity index is 1.34. The molecule has 0 aliphatic heterocycles. The lowest BCUT2D eigenvalue weighted by atomic mass is 9.91. The molecule has 1 saturated carbocycles. The Morgan fingerprint density at radius 3 is 2.27 bits per heavy atom. The zero-order chi connectivity index (χ0) is 23.5. The second kappa shape index (κ2) is 10.2. The highest BCUT2D eigenvalue weighted by atomic mass is 35.5. The topological polar surface area (TPSA) is 69.3 Å². The molecule has 174 valence electrons. The first kappa shape index (κ1) is 23.7. The van der Waals surface area contributed by atoms with E-state index in [2.05, 4.69) is 33.0 Å². The van der Waals surface area contributed by atoms with Gasteiger partial charge in [-0.05, 0) is 43.9 Å². The van der Waals surface area contributed by atoms with Gasteiger partial charge in [-0.25, -0.2) is 9.78 Å². The molecule has 1 heterocycles. The van der Waals surface area contributed by atoms with Crippen LogP contribution in [0.5, 0.6) is 0 Å². The van der Waals surface area contributed by atoms with Crippen molar-refractivity contribution in [3.63, 3.8) is 0 Å². The van der Waals surface area contributed by atoms with Gasteiger partial charge in [0, 0.05) is 48.3 Å². The van der Waals surface area contributed by atoms with Crippen molar-refractivity contribution in [1.29, 1.82) is 0 Å². The maximum absolute atomic E-state index is 12.5. The molecule has 1 aliphatic rings. The van der Waals surface area contributed by atoms with Crippen LogP contribution in [0.4, 0.5) is 22.0 Å². The summed E-state index contributed by atoms with van der Waals surface area (Å²) >= 11 is 18.2. The van der Waals surface area contributed by atoms with E-state index >= 15 is 0 Å². The van der Waals surface area contributed by atoms with Gasteiger partial charge in [-0.2, -0.15) is 0 Å². The zero-order valence-electron chi connectivity index (χ0n) is 18.5. The van der Waals surface area contributed by atoms with Crippen molar-refractivity contribution in [2.24, 2.45) is 0 Å². The molecule has 0 radical (unpaired) electrons. The van der Waals surface area contributed by atoms with Gasteiger partial charge in [0.05, 0.1) is 21.2 Å². The second-order valence-electron chi connectivity index (χ2n) is 8.47. The number of nitrogens with zero attached hydrogens (tertiary/aromatic N) is 2. The first-order chi connectivity index (χ1) is 15.8. The van der Waals surface area contributed by atoms with Crippen LogP contribution in [0.15, 0.2) is 42.5 Å². The number of nitrogens with one attached hydrogen (secondary N) is 3. The van der Waals surface area contributed by atoms with Gasteiger partial charge in [-0.3, -0.25) is 0 Å². The predicted octanol–water partition coefficient (Wildman–Crippen LogP) is 6.81. The number of benzene rings is 2. The quantitative estimate of drug-likeness (QED) is 0.356. The molecule has 0 saturated heterocycles. The molecule has 0 spiro atoms. The molecule has 9 heteroatoms. The van der Waals surface area contributed by atoms with Gasteiger partial charge in [0.25, 0.3) is 0 Å². The van der Waals surface area contributed by atoms with E-state index in [1.165, 1.54) is 0 Å². The van der Waals surface area contributed by atoms with Crippen LogP contribution in [-0.2, 0) is 0 Å². The third-order valence-electron chi connectivity index (χ3n) is 5.84. The molecule has 2 aromatic carbocycles. The number of fused-ring (bicyclic) bond motifs is 1. The normalized spacial score (nSPS) is 18.1. The summed E-state index contributed by atoms with van der Waals surface area (Å²) in [6.07, 6.45) is 3.58. The lowest BCUT2D eigenvalue weighted by Gasteiger charge is -2.30. The monoisotopic (exact) mass is 505 g/mol. The SMILES string of the molecule is CN(C)c1cc(N[C@H]2CC[C@@H](NC(=O)Nc3c(Cl)cc(Cl)cc3Cl)CC2)nc2ccccc12. The van der Waals surface area contributed by atoms with E-state index in [4.69, 9.17) is 39.8 Å². The van der Waals surface area contributed by atoms with Crippen LogP contribution in [-0.4, -0.2) is 37.2 Å². The van der Waals surface area contributed by atoms with Gasteiger partial charge in [0.15, 0.2) is 0 Å².